The van der Waals surface area contributed by atoms with Crippen molar-refractivity contribution in [3.63, 3.8) is 0 Å². The van der Waals surface area contributed by atoms with Gasteiger partial charge in [-0.25, -0.2) is 0 Å². The fraction of sp³-hybridized carbons (Fsp3) is 0.143. The summed E-state index contributed by atoms with van der Waals surface area (Å²) in [4.78, 5) is 24.9. The van der Waals surface area contributed by atoms with Crippen LogP contribution in [0.1, 0.15) is 14.5 Å². The topological polar surface area (TPSA) is 54.4 Å². The number of hydrogen-bond donors (Lipinski definition) is 1. The molecule has 0 radical (unpaired) electrons. The number of Topliss-reactive ketones (excluding diaryl/α,β-unsaturated/α-hetero) is 1. The van der Waals surface area contributed by atoms with Gasteiger partial charge >= 0.3 is 5.97 Å². The van der Waals surface area contributed by atoms with E-state index in [0.29, 0.717) is 15.5 Å². The Hall–Kier alpha value is -1.59. The number of carboxylic acid groups (broad SMARTS) is 1. The summed E-state index contributed by atoms with van der Waals surface area (Å²) in [5, 5.41) is 8.68. The van der Waals surface area contributed by atoms with Gasteiger partial charge in [0.1, 0.15) is 0 Å². The Balaban J connectivity index is 1.93. The van der Waals surface area contributed by atoms with E-state index in [1.165, 1.54) is 23.1 Å². The molecule has 0 aliphatic rings. The molecule has 0 atom stereocenters. The summed E-state index contributed by atoms with van der Waals surface area (Å²) in [5.74, 6) is -0.466. The van der Waals surface area contributed by atoms with Crippen molar-refractivity contribution < 1.29 is 14.7 Å². The minimum atomic E-state index is -0.875. The van der Waals surface area contributed by atoms with Crippen LogP contribution in [0.2, 0.25) is 0 Å². The van der Waals surface area contributed by atoms with Crippen molar-refractivity contribution in [2.24, 2.45) is 0 Å². The van der Waals surface area contributed by atoms with Gasteiger partial charge in [-0.1, -0.05) is 18.2 Å². The standard InChI is InChI=1S/C14H12O3S2/c15-12(9-18-10-4-2-1-3-5-10)13-7-6-11(19-13)8-14(16)17/h1-7H,8-9H2,(H,16,17). The molecule has 1 heterocycles. The number of carbonyl (C=O) groups is 2. The van der Waals surface area contributed by atoms with E-state index in [1.54, 1.807) is 12.1 Å². The number of carbonyl (C=O) groups excluding carboxylic acids is 1. The maximum atomic E-state index is 12.0. The van der Waals surface area contributed by atoms with E-state index >= 15 is 0 Å². The summed E-state index contributed by atoms with van der Waals surface area (Å²) in [6.45, 7) is 0. The van der Waals surface area contributed by atoms with E-state index in [2.05, 4.69) is 0 Å². The van der Waals surface area contributed by atoms with Crippen LogP contribution in [0, 0.1) is 0 Å². The SMILES string of the molecule is O=C(O)Cc1ccc(C(=O)CSc2ccccc2)s1. The third-order valence-electron chi connectivity index (χ3n) is 2.38. The van der Waals surface area contributed by atoms with Crippen LogP contribution in [0.15, 0.2) is 47.4 Å². The first kappa shape index (κ1) is 13.8. The lowest BCUT2D eigenvalue weighted by Gasteiger charge is -1.99. The van der Waals surface area contributed by atoms with Crippen molar-refractivity contribution in [2.45, 2.75) is 11.3 Å². The molecule has 1 aromatic heterocycles. The second kappa shape index (κ2) is 6.54. The number of carboxylic acids is 1. The van der Waals surface area contributed by atoms with Gasteiger partial charge in [-0.05, 0) is 24.3 Å². The summed E-state index contributed by atoms with van der Waals surface area (Å²) < 4.78 is 0. The fourth-order valence-electron chi connectivity index (χ4n) is 1.51. The number of ketones is 1. The van der Waals surface area contributed by atoms with Crippen LogP contribution in [-0.2, 0) is 11.2 Å². The zero-order valence-corrected chi connectivity index (χ0v) is 11.7. The molecule has 0 saturated heterocycles. The highest BCUT2D eigenvalue weighted by Gasteiger charge is 2.11. The molecular weight excluding hydrogens is 280 g/mol. The van der Waals surface area contributed by atoms with Crippen LogP contribution in [-0.4, -0.2) is 22.6 Å². The molecule has 0 unspecified atom stereocenters. The van der Waals surface area contributed by atoms with Crippen molar-refractivity contribution in [3.8, 4) is 0 Å². The van der Waals surface area contributed by atoms with Crippen molar-refractivity contribution in [2.75, 3.05) is 5.75 Å². The van der Waals surface area contributed by atoms with Gasteiger partial charge in [-0.2, -0.15) is 0 Å². The number of aliphatic carboxylic acids is 1. The second-order valence-electron chi connectivity index (χ2n) is 3.86. The van der Waals surface area contributed by atoms with Crippen LogP contribution < -0.4 is 0 Å². The Kier molecular flexibility index (Phi) is 4.76. The summed E-state index contributed by atoms with van der Waals surface area (Å²) >= 11 is 2.75. The average Bonchev–Trinajstić information content (AvgIpc) is 2.85. The first-order chi connectivity index (χ1) is 9.15. The first-order valence-corrected chi connectivity index (χ1v) is 7.47. The fourth-order valence-corrected chi connectivity index (χ4v) is 3.34. The predicted octanol–water partition coefficient (Wildman–Crippen LogP) is 3.35. The van der Waals surface area contributed by atoms with E-state index in [0.717, 1.165) is 4.90 Å². The van der Waals surface area contributed by atoms with Crippen LogP contribution in [0.5, 0.6) is 0 Å². The molecule has 2 aromatic rings. The summed E-state index contributed by atoms with van der Waals surface area (Å²) in [6.07, 6.45) is -0.0240. The van der Waals surface area contributed by atoms with Gasteiger partial charge in [0.2, 0.25) is 0 Å². The third kappa shape index (κ3) is 4.22. The number of thiophene rings is 1. The first-order valence-electron chi connectivity index (χ1n) is 5.66. The molecule has 2 rings (SSSR count). The molecular formula is C14H12O3S2. The smallest absolute Gasteiger partial charge is 0.308 e. The van der Waals surface area contributed by atoms with Crippen molar-refractivity contribution in [1.29, 1.82) is 0 Å². The van der Waals surface area contributed by atoms with E-state index in [-0.39, 0.29) is 12.2 Å². The molecule has 0 saturated carbocycles. The third-order valence-corrected chi connectivity index (χ3v) is 4.51. The maximum Gasteiger partial charge on any atom is 0.308 e. The number of thioether (sulfide) groups is 1. The molecule has 0 bridgehead atoms. The highest BCUT2D eigenvalue weighted by atomic mass is 32.2. The Morgan fingerprint density at radius 3 is 2.53 bits per heavy atom. The van der Waals surface area contributed by atoms with Gasteiger partial charge in [0, 0.05) is 9.77 Å². The van der Waals surface area contributed by atoms with E-state index < -0.39 is 5.97 Å². The molecule has 0 spiro atoms. The van der Waals surface area contributed by atoms with Crippen LogP contribution in [0.3, 0.4) is 0 Å². The quantitative estimate of drug-likeness (QED) is 0.655. The van der Waals surface area contributed by atoms with E-state index in [4.69, 9.17) is 5.11 Å². The second-order valence-corrected chi connectivity index (χ2v) is 6.08. The van der Waals surface area contributed by atoms with Gasteiger partial charge in [0.05, 0.1) is 17.1 Å². The van der Waals surface area contributed by atoms with Gasteiger partial charge in [-0.15, -0.1) is 23.1 Å². The molecule has 1 N–H and O–H groups in total. The highest BCUT2D eigenvalue weighted by molar-refractivity contribution is 8.00. The van der Waals surface area contributed by atoms with Crippen molar-refractivity contribution >= 4 is 34.9 Å². The van der Waals surface area contributed by atoms with Crippen LogP contribution >= 0.6 is 23.1 Å². The molecule has 19 heavy (non-hydrogen) atoms. The number of rotatable bonds is 6. The maximum absolute atomic E-state index is 12.0. The summed E-state index contributed by atoms with van der Waals surface area (Å²) in [7, 11) is 0. The van der Waals surface area contributed by atoms with Crippen LogP contribution in [0.4, 0.5) is 0 Å². The molecule has 98 valence electrons. The Bertz CT molecular complexity index is 575. The number of hydrogen-bond acceptors (Lipinski definition) is 4. The zero-order chi connectivity index (χ0) is 13.7. The average molecular weight is 292 g/mol. The molecule has 0 amide bonds. The van der Waals surface area contributed by atoms with E-state index in [1.807, 2.05) is 30.3 Å². The monoisotopic (exact) mass is 292 g/mol. The summed E-state index contributed by atoms with van der Waals surface area (Å²) in [6, 6.07) is 13.1. The minimum absolute atomic E-state index is 0.0240. The predicted molar refractivity (Wildman–Crippen MR) is 77.2 cm³/mol. The lowest BCUT2D eigenvalue weighted by molar-refractivity contribution is -0.136. The minimum Gasteiger partial charge on any atom is -0.481 e. The Morgan fingerprint density at radius 1 is 1.11 bits per heavy atom. The number of benzene rings is 1. The molecule has 3 nitrogen and oxygen atoms in total. The zero-order valence-electron chi connectivity index (χ0n) is 10.0. The Labute approximate surface area is 119 Å². The van der Waals surface area contributed by atoms with Crippen LogP contribution in [0.25, 0.3) is 0 Å². The highest BCUT2D eigenvalue weighted by Crippen LogP contribution is 2.22. The molecule has 0 aliphatic heterocycles. The largest absolute Gasteiger partial charge is 0.481 e. The molecule has 0 aliphatic carbocycles. The van der Waals surface area contributed by atoms with E-state index in [9.17, 15) is 9.59 Å². The lowest BCUT2D eigenvalue weighted by Crippen LogP contribution is -1.99. The van der Waals surface area contributed by atoms with Gasteiger partial charge in [0.15, 0.2) is 5.78 Å². The van der Waals surface area contributed by atoms with Gasteiger partial charge in [0.25, 0.3) is 0 Å². The summed E-state index contributed by atoms with van der Waals surface area (Å²) in [5.41, 5.74) is 0. The molecule has 5 heteroatoms. The van der Waals surface area contributed by atoms with Gasteiger partial charge < -0.3 is 5.11 Å². The molecule has 0 fully saturated rings. The van der Waals surface area contributed by atoms with Crippen molar-refractivity contribution in [1.82, 2.24) is 0 Å². The molecule has 1 aromatic carbocycles. The van der Waals surface area contributed by atoms with Gasteiger partial charge in [-0.3, -0.25) is 9.59 Å². The lowest BCUT2D eigenvalue weighted by atomic mass is 10.3. The normalized spacial score (nSPS) is 10.3. The van der Waals surface area contributed by atoms with Crippen molar-refractivity contribution in [3.05, 3.63) is 52.2 Å². The Morgan fingerprint density at radius 2 is 1.84 bits per heavy atom.